The first-order valence-electron chi connectivity index (χ1n) is 13.9. The molecule has 1 heterocycles. The van der Waals surface area contributed by atoms with Crippen molar-refractivity contribution >= 4 is 16.8 Å². The summed E-state index contributed by atoms with van der Waals surface area (Å²) in [4.78, 5) is 36.3. The second kappa shape index (κ2) is 14.1. The molecule has 0 spiro atoms. The summed E-state index contributed by atoms with van der Waals surface area (Å²) >= 11 is 0. The zero-order valence-electron chi connectivity index (χ0n) is 23.4. The van der Waals surface area contributed by atoms with Gasteiger partial charge in [0.05, 0.1) is 22.6 Å². The number of fused-ring (bicyclic) bond motifs is 1. The minimum atomic E-state index is -0.351. The van der Waals surface area contributed by atoms with Crippen LogP contribution >= 0.6 is 0 Å². The molecule has 200 valence electrons. The van der Waals surface area contributed by atoms with Crippen LogP contribution in [0.15, 0.2) is 53.3 Å². The number of rotatable bonds is 14. The van der Waals surface area contributed by atoms with Gasteiger partial charge in [-0.05, 0) is 63.7 Å². The van der Waals surface area contributed by atoms with Gasteiger partial charge < -0.3 is 9.80 Å². The molecule has 0 aliphatic carbocycles. The highest BCUT2D eigenvalue weighted by molar-refractivity contribution is 5.79. The maximum Gasteiger partial charge on any atom is 0.266 e. The van der Waals surface area contributed by atoms with E-state index in [1.165, 1.54) is 31.2 Å². The molecule has 0 saturated heterocycles. The van der Waals surface area contributed by atoms with Crippen LogP contribution in [0.1, 0.15) is 83.1 Å². The summed E-state index contributed by atoms with van der Waals surface area (Å²) in [6, 6.07) is 15.2. The summed E-state index contributed by atoms with van der Waals surface area (Å²) in [5.41, 5.74) is 2.54. The fourth-order valence-electron chi connectivity index (χ4n) is 4.74. The maximum atomic E-state index is 13.8. The van der Waals surface area contributed by atoms with E-state index in [0.717, 1.165) is 31.5 Å². The van der Waals surface area contributed by atoms with Gasteiger partial charge >= 0.3 is 0 Å². The van der Waals surface area contributed by atoms with Crippen LogP contribution in [0.4, 0.5) is 0 Å². The van der Waals surface area contributed by atoms with Crippen molar-refractivity contribution in [3.05, 3.63) is 70.3 Å². The Morgan fingerprint density at radius 1 is 0.919 bits per heavy atom. The molecular formula is C31H44N4O2. The molecule has 0 N–H and O–H groups in total. The molecule has 3 rings (SSSR count). The minimum absolute atomic E-state index is 0.104. The standard InChI is InChI=1S/C31H44N4O2/c1-6-8-9-10-11-12-17-29(36)34(23-22-33(4)5)24(3)30-32-28-16-14-13-15-27(28)31(37)35(30)26-20-18-25(7-2)19-21-26/h13-16,18-21,24H,6-12,17,22-23H2,1-5H3. The number of hydrogen-bond donors (Lipinski definition) is 0. The average Bonchev–Trinajstić information content (AvgIpc) is 2.90. The zero-order valence-corrected chi connectivity index (χ0v) is 23.4. The minimum Gasteiger partial charge on any atom is -0.331 e. The fourth-order valence-corrected chi connectivity index (χ4v) is 4.74. The smallest absolute Gasteiger partial charge is 0.266 e. The number of aryl methyl sites for hydroxylation is 1. The third-order valence-electron chi connectivity index (χ3n) is 7.10. The van der Waals surface area contributed by atoms with E-state index in [1.54, 1.807) is 4.57 Å². The molecule has 1 amide bonds. The predicted molar refractivity (Wildman–Crippen MR) is 153 cm³/mol. The Hall–Kier alpha value is -2.99. The normalized spacial score (nSPS) is 12.3. The highest BCUT2D eigenvalue weighted by atomic mass is 16.2. The Labute approximate surface area is 222 Å². The molecule has 3 aromatic rings. The summed E-state index contributed by atoms with van der Waals surface area (Å²) < 4.78 is 1.70. The number of aromatic nitrogens is 2. The predicted octanol–water partition coefficient (Wildman–Crippen LogP) is 6.15. The topological polar surface area (TPSA) is 58.4 Å². The quantitative estimate of drug-likeness (QED) is 0.247. The van der Waals surface area contributed by atoms with Crippen LogP contribution in [0.25, 0.3) is 16.6 Å². The molecular weight excluding hydrogens is 460 g/mol. The Bertz CT molecular complexity index is 1200. The number of unbranched alkanes of at least 4 members (excludes halogenated alkanes) is 5. The highest BCUT2D eigenvalue weighted by Gasteiger charge is 2.26. The average molecular weight is 505 g/mol. The summed E-state index contributed by atoms with van der Waals surface area (Å²) in [6.45, 7) is 7.66. The fraction of sp³-hybridized carbons (Fsp3) is 0.516. The first-order chi connectivity index (χ1) is 17.9. The lowest BCUT2D eigenvalue weighted by molar-refractivity contribution is -0.133. The van der Waals surface area contributed by atoms with Gasteiger partial charge in [0.2, 0.25) is 5.91 Å². The monoisotopic (exact) mass is 504 g/mol. The third-order valence-corrected chi connectivity index (χ3v) is 7.10. The molecule has 6 heteroatoms. The summed E-state index contributed by atoms with van der Waals surface area (Å²) in [7, 11) is 4.03. The molecule has 0 bridgehead atoms. The lowest BCUT2D eigenvalue weighted by Gasteiger charge is -2.31. The Balaban J connectivity index is 1.99. The number of likely N-dealkylation sites (N-methyl/N-ethyl adjacent to an activating group) is 1. The Morgan fingerprint density at radius 3 is 2.27 bits per heavy atom. The van der Waals surface area contributed by atoms with Gasteiger partial charge in [-0.25, -0.2) is 4.98 Å². The number of nitrogens with zero attached hydrogens (tertiary/aromatic N) is 4. The molecule has 0 fully saturated rings. The summed E-state index contributed by atoms with van der Waals surface area (Å²) in [6.07, 6.45) is 8.30. The van der Waals surface area contributed by atoms with E-state index in [4.69, 9.17) is 4.98 Å². The highest BCUT2D eigenvalue weighted by Crippen LogP contribution is 2.24. The molecule has 0 radical (unpaired) electrons. The van der Waals surface area contributed by atoms with E-state index in [9.17, 15) is 9.59 Å². The van der Waals surface area contributed by atoms with Crippen molar-refractivity contribution in [1.82, 2.24) is 19.4 Å². The summed E-state index contributed by atoms with van der Waals surface area (Å²) in [5.74, 6) is 0.725. The molecule has 1 unspecified atom stereocenters. The van der Waals surface area contributed by atoms with Crippen LogP contribution in [0.3, 0.4) is 0 Å². The van der Waals surface area contributed by atoms with E-state index in [1.807, 2.05) is 62.3 Å². The van der Waals surface area contributed by atoms with Crippen molar-refractivity contribution in [2.75, 3.05) is 27.2 Å². The number of benzene rings is 2. The number of amides is 1. The van der Waals surface area contributed by atoms with Crippen molar-refractivity contribution in [3.8, 4) is 5.69 Å². The second-order valence-electron chi connectivity index (χ2n) is 10.2. The van der Waals surface area contributed by atoms with Crippen molar-refractivity contribution in [2.24, 2.45) is 0 Å². The van der Waals surface area contributed by atoms with Crippen molar-refractivity contribution < 1.29 is 4.79 Å². The molecule has 0 aliphatic heterocycles. The lowest BCUT2D eigenvalue weighted by Crippen LogP contribution is -2.40. The van der Waals surface area contributed by atoms with E-state index in [2.05, 4.69) is 30.9 Å². The zero-order chi connectivity index (χ0) is 26.8. The maximum absolute atomic E-state index is 13.8. The van der Waals surface area contributed by atoms with Gasteiger partial charge in [0.25, 0.3) is 5.56 Å². The summed E-state index contributed by atoms with van der Waals surface area (Å²) in [5, 5.41) is 0.580. The number of carbonyl (C=O) groups is 1. The number of carbonyl (C=O) groups excluding carboxylic acids is 1. The number of hydrogen-bond acceptors (Lipinski definition) is 4. The van der Waals surface area contributed by atoms with Crippen LogP contribution < -0.4 is 5.56 Å². The van der Waals surface area contributed by atoms with E-state index < -0.39 is 0 Å². The van der Waals surface area contributed by atoms with Crippen LogP contribution in [-0.4, -0.2) is 52.4 Å². The number of para-hydroxylation sites is 1. The van der Waals surface area contributed by atoms with Gasteiger partial charge in [-0.1, -0.05) is 70.2 Å². The van der Waals surface area contributed by atoms with Gasteiger partial charge in [0.15, 0.2) is 0 Å². The van der Waals surface area contributed by atoms with Gasteiger partial charge in [-0.2, -0.15) is 0 Å². The van der Waals surface area contributed by atoms with Crippen LogP contribution in [0.2, 0.25) is 0 Å². The van der Waals surface area contributed by atoms with Crippen LogP contribution in [0, 0.1) is 0 Å². The Morgan fingerprint density at radius 2 is 1.59 bits per heavy atom. The van der Waals surface area contributed by atoms with Crippen molar-refractivity contribution in [2.45, 2.75) is 78.2 Å². The Kier molecular flexibility index (Phi) is 10.9. The van der Waals surface area contributed by atoms with Crippen LogP contribution in [0.5, 0.6) is 0 Å². The van der Waals surface area contributed by atoms with E-state index in [-0.39, 0.29) is 17.5 Å². The molecule has 0 saturated carbocycles. The van der Waals surface area contributed by atoms with Gasteiger partial charge in [-0.15, -0.1) is 0 Å². The van der Waals surface area contributed by atoms with Gasteiger partial charge in [0, 0.05) is 19.5 Å². The second-order valence-corrected chi connectivity index (χ2v) is 10.2. The molecule has 1 aromatic heterocycles. The lowest BCUT2D eigenvalue weighted by atomic mass is 10.1. The SMILES string of the molecule is CCCCCCCCC(=O)N(CCN(C)C)C(C)c1nc2ccccc2c(=O)n1-c1ccc(CC)cc1. The van der Waals surface area contributed by atoms with E-state index in [0.29, 0.717) is 29.7 Å². The van der Waals surface area contributed by atoms with Crippen molar-refractivity contribution in [3.63, 3.8) is 0 Å². The third kappa shape index (κ3) is 7.51. The van der Waals surface area contributed by atoms with Crippen molar-refractivity contribution in [1.29, 1.82) is 0 Å². The largest absolute Gasteiger partial charge is 0.331 e. The van der Waals surface area contributed by atoms with E-state index >= 15 is 0 Å². The first-order valence-corrected chi connectivity index (χ1v) is 13.9. The van der Waals surface area contributed by atoms with Gasteiger partial charge in [0.1, 0.15) is 5.82 Å². The van der Waals surface area contributed by atoms with Crippen LogP contribution in [-0.2, 0) is 11.2 Å². The molecule has 37 heavy (non-hydrogen) atoms. The van der Waals surface area contributed by atoms with Gasteiger partial charge in [-0.3, -0.25) is 14.2 Å². The first kappa shape index (κ1) is 28.6. The molecule has 2 aromatic carbocycles. The molecule has 0 aliphatic rings. The molecule has 1 atom stereocenters. The molecule has 6 nitrogen and oxygen atoms in total.